The van der Waals surface area contributed by atoms with Crippen molar-refractivity contribution in [3.63, 3.8) is 0 Å². The fourth-order valence-electron chi connectivity index (χ4n) is 1.42. The number of carbonyl (C=O) groups is 1. The fourth-order valence-corrected chi connectivity index (χ4v) is 2.50. The van der Waals surface area contributed by atoms with Crippen molar-refractivity contribution in [1.82, 2.24) is 4.72 Å². The van der Waals surface area contributed by atoms with Gasteiger partial charge in [0.05, 0.1) is 11.4 Å². The molecule has 1 aromatic rings. The van der Waals surface area contributed by atoms with Crippen LogP contribution in [0.2, 0.25) is 0 Å². The van der Waals surface area contributed by atoms with E-state index >= 15 is 0 Å². The van der Waals surface area contributed by atoms with Gasteiger partial charge in [-0.1, -0.05) is 11.8 Å². The van der Waals surface area contributed by atoms with Crippen molar-refractivity contribution in [2.24, 2.45) is 11.5 Å². The van der Waals surface area contributed by atoms with Crippen molar-refractivity contribution in [1.29, 1.82) is 0 Å². The summed E-state index contributed by atoms with van der Waals surface area (Å²) in [6.45, 7) is 0.418. The molecule has 7 heteroatoms. The summed E-state index contributed by atoms with van der Waals surface area (Å²) in [5.41, 5.74) is 10.9. The molecule has 1 rings (SSSR count). The molecule has 20 heavy (non-hydrogen) atoms. The SMILES string of the molecule is NCC#Cc1ccc(S(=O)(=O)NCCCC(N)=O)cc1. The van der Waals surface area contributed by atoms with Crippen LogP contribution < -0.4 is 16.2 Å². The Kier molecular flexibility index (Phi) is 6.18. The van der Waals surface area contributed by atoms with Gasteiger partial charge in [0.25, 0.3) is 0 Å². The number of nitrogens with two attached hydrogens (primary N) is 2. The van der Waals surface area contributed by atoms with E-state index in [4.69, 9.17) is 11.5 Å². The molecule has 108 valence electrons. The van der Waals surface area contributed by atoms with Crippen LogP contribution in [-0.4, -0.2) is 27.4 Å². The molecule has 0 aliphatic heterocycles. The monoisotopic (exact) mass is 295 g/mol. The van der Waals surface area contributed by atoms with E-state index in [1.54, 1.807) is 12.1 Å². The zero-order chi connectivity index (χ0) is 15.0. The van der Waals surface area contributed by atoms with Gasteiger partial charge in [-0.05, 0) is 30.7 Å². The Morgan fingerprint density at radius 3 is 2.45 bits per heavy atom. The zero-order valence-electron chi connectivity index (χ0n) is 10.9. The summed E-state index contributed by atoms with van der Waals surface area (Å²) < 4.78 is 26.2. The number of hydrogen-bond donors (Lipinski definition) is 3. The lowest BCUT2D eigenvalue weighted by Gasteiger charge is -2.06. The molecule has 5 N–H and O–H groups in total. The second-order valence-electron chi connectivity index (χ2n) is 4.00. The number of benzene rings is 1. The topological polar surface area (TPSA) is 115 Å². The first-order valence-electron chi connectivity index (χ1n) is 6.02. The second-order valence-corrected chi connectivity index (χ2v) is 5.76. The molecule has 0 radical (unpaired) electrons. The van der Waals surface area contributed by atoms with E-state index in [1.165, 1.54) is 12.1 Å². The van der Waals surface area contributed by atoms with Crippen LogP contribution in [-0.2, 0) is 14.8 Å². The molecule has 0 saturated heterocycles. The van der Waals surface area contributed by atoms with Gasteiger partial charge in [-0.2, -0.15) is 0 Å². The summed E-state index contributed by atoms with van der Waals surface area (Å²) in [7, 11) is -3.57. The van der Waals surface area contributed by atoms with Gasteiger partial charge in [0, 0.05) is 18.5 Å². The van der Waals surface area contributed by atoms with Crippen LogP contribution >= 0.6 is 0 Å². The molecule has 1 amide bonds. The van der Waals surface area contributed by atoms with E-state index < -0.39 is 15.9 Å². The first-order chi connectivity index (χ1) is 9.45. The highest BCUT2D eigenvalue weighted by Crippen LogP contribution is 2.09. The number of amides is 1. The highest BCUT2D eigenvalue weighted by atomic mass is 32.2. The van der Waals surface area contributed by atoms with Gasteiger partial charge in [0.2, 0.25) is 15.9 Å². The third kappa shape index (κ3) is 5.40. The molecule has 0 unspecified atom stereocenters. The van der Waals surface area contributed by atoms with Gasteiger partial charge >= 0.3 is 0 Å². The van der Waals surface area contributed by atoms with Crippen molar-refractivity contribution in [2.75, 3.05) is 13.1 Å². The lowest BCUT2D eigenvalue weighted by molar-refractivity contribution is -0.118. The van der Waals surface area contributed by atoms with Crippen molar-refractivity contribution >= 4 is 15.9 Å². The molecule has 6 nitrogen and oxygen atoms in total. The highest BCUT2D eigenvalue weighted by molar-refractivity contribution is 7.89. The minimum Gasteiger partial charge on any atom is -0.370 e. The van der Waals surface area contributed by atoms with E-state index in [1.807, 2.05) is 0 Å². The van der Waals surface area contributed by atoms with Crippen molar-refractivity contribution in [2.45, 2.75) is 17.7 Å². The normalized spacial score (nSPS) is 10.7. The quantitative estimate of drug-likeness (QED) is 0.486. The molecule has 0 heterocycles. The predicted octanol–water partition coefficient (Wildman–Crippen LogP) is -0.459. The van der Waals surface area contributed by atoms with Gasteiger partial charge in [-0.15, -0.1) is 0 Å². The minimum atomic E-state index is -3.57. The van der Waals surface area contributed by atoms with Crippen LogP contribution in [0.4, 0.5) is 0 Å². The van der Waals surface area contributed by atoms with Gasteiger partial charge in [0.1, 0.15) is 0 Å². The highest BCUT2D eigenvalue weighted by Gasteiger charge is 2.12. The summed E-state index contributed by atoms with van der Waals surface area (Å²) in [6, 6.07) is 6.16. The molecule has 0 spiro atoms. The predicted molar refractivity (Wildman–Crippen MR) is 76.0 cm³/mol. The van der Waals surface area contributed by atoms with Gasteiger partial charge in [0.15, 0.2) is 0 Å². The molecule has 0 fully saturated rings. The summed E-state index contributed by atoms with van der Waals surface area (Å²) >= 11 is 0. The fraction of sp³-hybridized carbons (Fsp3) is 0.308. The van der Waals surface area contributed by atoms with Crippen LogP contribution in [0.1, 0.15) is 18.4 Å². The Bertz CT molecular complexity index is 613. The van der Waals surface area contributed by atoms with Crippen LogP contribution in [0, 0.1) is 11.8 Å². The Labute approximate surface area is 118 Å². The molecule has 0 aliphatic rings. The molecule has 0 saturated carbocycles. The summed E-state index contributed by atoms with van der Waals surface area (Å²) in [5.74, 6) is 5.04. The lowest BCUT2D eigenvalue weighted by Crippen LogP contribution is -2.25. The standard InChI is InChI=1S/C13H17N3O3S/c14-9-1-3-11-5-7-12(8-6-11)20(18,19)16-10-2-4-13(15)17/h5-8,16H,2,4,9-10,14H2,(H2,15,17). The Hall–Kier alpha value is -1.88. The van der Waals surface area contributed by atoms with Gasteiger partial charge in [-0.25, -0.2) is 13.1 Å². The second kappa shape index (κ2) is 7.65. The molecular formula is C13H17N3O3S. The largest absolute Gasteiger partial charge is 0.370 e. The van der Waals surface area contributed by atoms with E-state index in [2.05, 4.69) is 16.6 Å². The Balaban J connectivity index is 2.65. The summed E-state index contributed by atoms with van der Waals surface area (Å²) in [4.78, 5) is 10.7. The summed E-state index contributed by atoms with van der Waals surface area (Å²) in [5, 5.41) is 0. The van der Waals surface area contributed by atoms with Crippen LogP contribution in [0.3, 0.4) is 0 Å². The molecule has 0 aliphatic carbocycles. The summed E-state index contributed by atoms with van der Waals surface area (Å²) in [6.07, 6.45) is 0.519. The van der Waals surface area contributed by atoms with Crippen LogP contribution in [0.5, 0.6) is 0 Å². The van der Waals surface area contributed by atoms with E-state index in [0.717, 1.165) is 0 Å². The third-order valence-electron chi connectivity index (χ3n) is 2.39. The number of rotatable bonds is 6. The molecule has 0 bridgehead atoms. The van der Waals surface area contributed by atoms with Crippen LogP contribution in [0.15, 0.2) is 29.2 Å². The minimum absolute atomic E-state index is 0.148. The van der Waals surface area contributed by atoms with Crippen LogP contribution in [0.25, 0.3) is 0 Å². The van der Waals surface area contributed by atoms with E-state index in [-0.39, 0.29) is 24.4 Å². The number of carbonyl (C=O) groups excluding carboxylic acids is 1. The third-order valence-corrected chi connectivity index (χ3v) is 3.87. The first kappa shape index (κ1) is 16.2. The molecule has 0 aromatic heterocycles. The Morgan fingerprint density at radius 1 is 1.25 bits per heavy atom. The number of nitrogens with one attached hydrogen (secondary N) is 1. The Morgan fingerprint density at radius 2 is 1.90 bits per heavy atom. The molecule has 1 aromatic carbocycles. The lowest BCUT2D eigenvalue weighted by atomic mass is 10.2. The maximum absolute atomic E-state index is 11.9. The number of sulfonamides is 1. The molecular weight excluding hydrogens is 278 g/mol. The van der Waals surface area contributed by atoms with Gasteiger partial charge < -0.3 is 11.5 Å². The van der Waals surface area contributed by atoms with Gasteiger partial charge in [-0.3, -0.25) is 4.79 Å². The zero-order valence-corrected chi connectivity index (χ0v) is 11.7. The van der Waals surface area contributed by atoms with E-state index in [0.29, 0.717) is 12.0 Å². The smallest absolute Gasteiger partial charge is 0.240 e. The first-order valence-corrected chi connectivity index (χ1v) is 7.51. The average Bonchev–Trinajstić information content (AvgIpc) is 2.42. The van der Waals surface area contributed by atoms with Crippen molar-refractivity contribution in [3.8, 4) is 11.8 Å². The average molecular weight is 295 g/mol. The van der Waals surface area contributed by atoms with E-state index in [9.17, 15) is 13.2 Å². The number of primary amides is 1. The van der Waals surface area contributed by atoms with Crippen molar-refractivity contribution in [3.05, 3.63) is 29.8 Å². The number of hydrogen-bond acceptors (Lipinski definition) is 4. The maximum atomic E-state index is 11.9. The maximum Gasteiger partial charge on any atom is 0.240 e. The van der Waals surface area contributed by atoms with Crippen molar-refractivity contribution < 1.29 is 13.2 Å². The molecule has 0 atom stereocenters.